The zero-order chi connectivity index (χ0) is 7.23. The van der Waals surface area contributed by atoms with E-state index in [-0.39, 0.29) is 0 Å². The van der Waals surface area contributed by atoms with E-state index in [0.717, 1.165) is 13.1 Å². The third kappa shape index (κ3) is 2.26. The highest BCUT2D eigenvalue weighted by Crippen LogP contribution is 2.08. The van der Waals surface area contributed by atoms with Crippen LogP contribution in [0.25, 0.3) is 0 Å². The Labute approximate surface area is 62.4 Å². The molecule has 0 aliphatic carbocycles. The molecule has 1 aliphatic rings. The normalized spacial score (nSPS) is 20.9. The Morgan fingerprint density at radius 2 is 1.40 bits per heavy atom. The molecule has 2 heteroatoms. The van der Waals surface area contributed by atoms with Crippen molar-refractivity contribution >= 4 is 0 Å². The van der Waals surface area contributed by atoms with Gasteiger partial charge in [0.1, 0.15) is 0 Å². The van der Waals surface area contributed by atoms with Crippen molar-refractivity contribution in [3.05, 3.63) is 0 Å². The van der Waals surface area contributed by atoms with Crippen LogP contribution in [0.4, 0.5) is 0 Å². The predicted octanol–water partition coefficient (Wildman–Crippen LogP) is 1.73. The van der Waals surface area contributed by atoms with E-state index in [1.54, 1.807) is 0 Å². The number of hydrogen-bond acceptors (Lipinski definition) is 2. The Morgan fingerprint density at radius 1 is 0.900 bits per heavy atom. The minimum Gasteiger partial charge on any atom is -0.311 e. The fraction of sp³-hybridized carbons (Fsp3) is 0.875. The van der Waals surface area contributed by atoms with Gasteiger partial charge in [0, 0.05) is 13.1 Å². The molecule has 0 aromatic rings. The SMILES string of the molecule is N#CN1CCCCCCC1. The van der Waals surface area contributed by atoms with Gasteiger partial charge in [-0.2, -0.15) is 5.26 Å². The van der Waals surface area contributed by atoms with E-state index in [1.165, 1.54) is 32.1 Å². The second kappa shape index (κ2) is 4.16. The molecule has 56 valence electrons. The van der Waals surface area contributed by atoms with Gasteiger partial charge in [-0.25, -0.2) is 0 Å². The lowest BCUT2D eigenvalue weighted by Gasteiger charge is -2.17. The van der Waals surface area contributed by atoms with Crippen LogP contribution in [-0.4, -0.2) is 18.0 Å². The van der Waals surface area contributed by atoms with E-state index in [2.05, 4.69) is 6.19 Å². The zero-order valence-electron chi connectivity index (χ0n) is 6.34. The molecule has 0 aromatic heterocycles. The van der Waals surface area contributed by atoms with Gasteiger partial charge in [0.15, 0.2) is 6.19 Å². The lowest BCUT2D eigenvalue weighted by molar-refractivity contribution is 0.342. The summed E-state index contributed by atoms with van der Waals surface area (Å²) >= 11 is 0. The summed E-state index contributed by atoms with van der Waals surface area (Å²) in [4.78, 5) is 1.87. The zero-order valence-corrected chi connectivity index (χ0v) is 6.34. The van der Waals surface area contributed by atoms with Gasteiger partial charge in [-0.05, 0) is 12.8 Å². The van der Waals surface area contributed by atoms with E-state index < -0.39 is 0 Å². The quantitative estimate of drug-likeness (QED) is 0.477. The van der Waals surface area contributed by atoms with Crippen LogP contribution in [0.3, 0.4) is 0 Å². The topological polar surface area (TPSA) is 27.0 Å². The third-order valence-corrected chi connectivity index (χ3v) is 2.00. The molecule has 2 nitrogen and oxygen atoms in total. The largest absolute Gasteiger partial charge is 0.311 e. The number of nitriles is 1. The molecule has 0 saturated carbocycles. The van der Waals surface area contributed by atoms with Gasteiger partial charge >= 0.3 is 0 Å². The first-order chi connectivity index (χ1) is 4.93. The molecule has 10 heavy (non-hydrogen) atoms. The second-order valence-electron chi connectivity index (χ2n) is 2.85. The average Bonchev–Trinajstić information content (AvgIpc) is 1.87. The Balaban J connectivity index is 2.24. The van der Waals surface area contributed by atoms with Crippen molar-refractivity contribution in [3.63, 3.8) is 0 Å². The maximum absolute atomic E-state index is 8.58. The summed E-state index contributed by atoms with van der Waals surface area (Å²) in [7, 11) is 0. The van der Waals surface area contributed by atoms with Crippen LogP contribution in [-0.2, 0) is 0 Å². The highest BCUT2D eigenvalue weighted by Gasteiger charge is 2.03. The molecular formula is C8H14N2. The molecular weight excluding hydrogens is 124 g/mol. The fourth-order valence-corrected chi connectivity index (χ4v) is 1.35. The number of likely N-dealkylation sites (tertiary alicyclic amines) is 1. The summed E-state index contributed by atoms with van der Waals surface area (Å²) in [6.45, 7) is 1.97. The monoisotopic (exact) mass is 138 g/mol. The van der Waals surface area contributed by atoms with E-state index in [1.807, 2.05) is 4.90 Å². The molecule has 0 unspecified atom stereocenters. The first-order valence-electron chi connectivity index (χ1n) is 4.08. The second-order valence-corrected chi connectivity index (χ2v) is 2.85. The highest BCUT2D eigenvalue weighted by molar-refractivity contribution is 4.74. The van der Waals surface area contributed by atoms with Gasteiger partial charge in [-0.3, -0.25) is 0 Å². The summed E-state index contributed by atoms with van der Waals surface area (Å²) in [6.07, 6.45) is 8.58. The van der Waals surface area contributed by atoms with E-state index in [0.29, 0.717) is 0 Å². The molecule has 0 N–H and O–H groups in total. The molecule has 1 fully saturated rings. The summed E-state index contributed by atoms with van der Waals surface area (Å²) in [6, 6.07) is 0. The smallest absolute Gasteiger partial charge is 0.179 e. The maximum atomic E-state index is 8.58. The van der Waals surface area contributed by atoms with Crippen LogP contribution in [0, 0.1) is 11.5 Å². The van der Waals surface area contributed by atoms with Crippen LogP contribution in [0.15, 0.2) is 0 Å². The lowest BCUT2D eigenvalue weighted by atomic mass is 10.1. The van der Waals surface area contributed by atoms with Crippen molar-refractivity contribution in [2.75, 3.05) is 13.1 Å². The van der Waals surface area contributed by atoms with Crippen molar-refractivity contribution in [1.82, 2.24) is 4.90 Å². The summed E-state index contributed by atoms with van der Waals surface area (Å²) in [5.74, 6) is 0. The summed E-state index contributed by atoms with van der Waals surface area (Å²) in [5.41, 5.74) is 0. The van der Waals surface area contributed by atoms with Gasteiger partial charge in [0.2, 0.25) is 0 Å². The molecule has 0 spiro atoms. The van der Waals surface area contributed by atoms with Crippen LogP contribution in [0.1, 0.15) is 32.1 Å². The standard InChI is InChI=1S/C8H14N2/c9-8-10-6-4-2-1-3-5-7-10/h1-7H2. The molecule has 1 rings (SSSR count). The van der Waals surface area contributed by atoms with Crippen molar-refractivity contribution in [3.8, 4) is 6.19 Å². The van der Waals surface area contributed by atoms with Crippen LogP contribution in [0.5, 0.6) is 0 Å². The van der Waals surface area contributed by atoms with Crippen molar-refractivity contribution in [2.45, 2.75) is 32.1 Å². The number of hydrogen-bond donors (Lipinski definition) is 0. The summed E-state index contributed by atoms with van der Waals surface area (Å²) in [5, 5.41) is 8.58. The van der Waals surface area contributed by atoms with E-state index >= 15 is 0 Å². The summed E-state index contributed by atoms with van der Waals surface area (Å²) < 4.78 is 0. The van der Waals surface area contributed by atoms with E-state index in [9.17, 15) is 0 Å². The van der Waals surface area contributed by atoms with Crippen LogP contribution < -0.4 is 0 Å². The Kier molecular flexibility index (Phi) is 3.08. The van der Waals surface area contributed by atoms with Crippen molar-refractivity contribution < 1.29 is 0 Å². The fourth-order valence-electron chi connectivity index (χ4n) is 1.35. The van der Waals surface area contributed by atoms with Gasteiger partial charge in [-0.15, -0.1) is 0 Å². The molecule has 1 saturated heterocycles. The van der Waals surface area contributed by atoms with Gasteiger partial charge < -0.3 is 4.90 Å². The highest BCUT2D eigenvalue weighted by atomic mass is 15.1. The van der Waals surface area contributed by atoms with Crippen LogP contribution >= 0.6 is 0 Å². The van der Waals surface area contributed by atoms with Crippen molar-refractivity contribution in [2.24, 2.45) is 0 Å². The molecule has 1 heterocycles. The first kappa shape index (κ1) is 7.40. The van der Waals surface area contributed by atoms with Crippen LogP contribution in [0.2, 0.25) is 0 Å². The first-order valence-corrected chi connectivity index (χ1v) is 4.08. The lowest BCUT2D eigenvalue weighted by Crippen LogP contribution is -2.21. The number of nitrogens with zero attached hydrogens (tertiary/aromatic N) is 2. The molecule has 1 aliphatic heterocycles. The molecule has 0 bridgehead atoms. The van der Waals surface area contributed by atoms with E-state index in [4.69, 9.17) is 5.26 Å². The third-order valence-electron chi connectivity index (χ3n) is 2.00. The van der Waals surface area contributed by atoms with Crippen molar-refractivity contribution in [1.29, 1.82) is 5.26 Å². The predicted molar refractivity (Wildman–Crippen MR) is 40.3 cm³/mol. The van der Waals surface area contributed by atoms with Gasteiger partial charge in [0.25, 0.3) is 0 Å². The van der Waals surface area contributed by atoms with Gasteiger partial charge in [-0.1, -0.05) is 19.3 Å². The Hall–Kier alpha value is -0.710. The molecule has 0 atom stereocenters. The molecule has 0 radical (unpaired) electrons. The average molecular weight is 138 g/mol. The minimum absolute atomic E-state index is 0.983. The minimum atomic E-state index is 0.983. The maximum Gasteiger partial charge on any atom is 0.179 e. The Bertz CT molecular complexity index is 118. The Morgan fingerprint density at radius 3 is 1.90 bits per heavy atom. The molecule has 0 aromatic carbocycles. The molecule has 0 amide bonds. The van der Waals surface area contributed by atoms with Gasteiger partial charge in [0.05, 0.1) is 0 Å². The number of rotatable bonds is 0.